The van der Waals surface area contributed by atoms with Crippen LogP contribution in [0.25, 0.3) is 0 Å². The van der Waals surface area contributed by atoms with Crippen molar-refractivity contribution in [3.63, 3.8) is 0 Å². The standard InChI is InChI=1S/C39H34N2O/c1-29-9-15-33(16-10-29)40(32-7-5-4-6-8-32)36-21-25-38(26-22-36)42-39-27-23-37(24-28-39)41(34-17-11-30(2)12-18-34)35-19-13-31(3)14-20-35/h4-28H,1-3H3. The molecule has 3 nitrogen and oxygen atoms in total. The summed E-state index contributed by atoms with van der Waals surface area (Å²) in [5.74, 6) is 1.58. The van der Waals surface area contributed by atoms with Crippen molar-refractivity contribution in [3.05, 3.63) is 168 Å². The molecule has 0 unspecified atom stereocenters. The van der Waals surface area contributed by atoms with Crippen molar-refractivity contribution < 1.29 is 4.74 Å². The summed E-state index contributed by atoms with van der Waals surface area (Å²) in [5, 5.41) is 0. The molecule has 0 aliphatic rings. The fourth-order valence-electron chi connectivity index (χ4n) is 5.02. The van der Waals surface area contributed by atoms with Crippen molar-refractivity contribution in [2.45, 2.75) is 20.8 Å². The second kappa shape index (κ2) is 12.1. The number of hydrogen-bond donors (Lipinski definition) is 0. The third-order valence-corrected chi connectivity index (χ3v) is 7.32. The van der Waals surface area contributed by atoms with Gasteiger partial charge in [0.05, 0.1) is 0 Å². The highest BCUT2D eigenvalue weighted by Gasteiger charge is 2.14. The Morgan fingerprint density at radius 2 is 0.571 bits per heavy atom. The third kappa shape index (κ3) is 6.06. The van der Waals surface area contributed by atoms with Crippen molar-refractivity contribution in [3.8, 4) is 11.5 Å². The first-order valence-corrected chi connectivity index (χ1v) is 14.3. The van der Waals surface area contributed by atoms with Gasteiger partial charge in [0.1, 0.15) is 11.5 Å². The lowest BCUT2D eigenvalue weighted by atomic mass is 10.1. The van der Waals surface area contributed by atoms with E-state index in [1.165, 1.54) is 16.7 Å². The Kier molecular flexibility index (Phi) is 7.74. The number of benzene rings is 6. The molecule has 6 aromatic rings. The molecule has 206 valence electrons. The van der Waals surface area contributed by atoms with Gasteiger partial charge in [-0.3, -0.25) is 0 Å². The van der Waals surface area contributed by atoms with E-state index in [1.54, 1.807) is 0 Å². The predicted molar refractivity (Wildman–Crippen MR) is 177 cm³/mol. The summed E-state index contributed by atoms with van der Waals surface area (Å²) in [5.41, 5.74) is 10.3. The molecule has 0 radical (unpaired) electrons. The van der Waals surface area contributed by atoms with Gasteiger partial charge in [0.15, 0.2) is 0 Å². The van der Waals surface area contributed by atoms with E-state index in [1.807, 2.05) is 30.3 Å². The van der Waals surface area contributed by atoms with Crippen LogP contribution in [0.4, 0.5) is 34.1 Å². The molecule has 0 N–H and O–H groups in total. The summed E-state index contributed by atoms with van der Waals surface area (Å²) < 4.78 is 6.28. The van der Waals surface area contributed by atoms with E-state index in [4.69, 9.17) is 4.74 Å². The van der Waals surface area contributed by atoms with Gasteiger partial charge in [-0.25, -0.2) is 0 Å². The van der Waals surface area contributed by atoms with Crippen LogP contribution in [0.2, 0.25) is 0 Å². The molecule has 3 heteroatoms. The Morgan fingerprint density at radius 3 is 0.881 bits per heavy atom. The maximum atomic E-state index is 6.28. The van der Waals surface area contributed by atoms with Crippen LogP contribution in [0.5, 0.6) is 11.5 Å². The quantitative estimate of drug-likeness (QED) is 0.189. The van der Waals surface area contributed by atoms with Crippen LogP contribution in [0.1, 0.15) is 16.7 Å². The number of anilines is 6. The van der Waals surface area contributed by atoms with Crippen LogP contribution >= 0.6 is 0 Å². The Morgan fingerprint density at radius 1 is 0.310 bits per heavy atom. The number of para-hydroxylation sites is 1. The number of rotatable bonds is 8. The first-order chi connectivity index (χ1) is 20.5. The minimum absolute atomic E-state index is 0.789. The number of hydrogen-bond acceptors (Lipinski definition) is 3. The molecule has 0 heterocycles. The number of nitrogens with zero attached hydrogens (tertiary/aromatic N) is 2. The lowest BCUT2D eigenvalue weighted by molar-refractivity contribution is 0.483. The lowest BCUT2D eigenvalue weighted by Crippen LogP contribution is -2.10. The second-order valence-electron chi connectivity index (χ2n) is 10.6. The molecular weight excluding hydrogens is 512 g/mol. The molecule has 6 aromatic carbocycles. The molecule has 0 bridgehead atoms. The van der Waals surface area contributed by atoms with Crippen LogP contribution in [-0.4, -0.2) is 0 Å². The van der Waals surface area contributed by atoms with Crippen LogP contribution < -0.4 is 14.5 Å². The number of aryl methyl sites for hydroxylation is 3. The fraction of sp³-hybridized carbons (Fsp3) is 0.0769. The highest BCUT2D eigenvalue weighted by atomic mass is 16.5. The molecule has 0 atom stereocenters. The largest absolute Gasteiger partial charge is 0.457 e. The average molecular weight is 547 g/mol. The highest BCUT2D eigenvalue weighted by Crippen LogP contribution is 2.38. The summed E-state index contributed by atoms with van der Waals surface area (Å²) in [6, 6.07) is 52.8. The van der Waals surface area contributed by atoms with Gasteiger partial charge in [-0.15, -0.1) is 0 Å². The van der Waals surface area contributed by atoms with E-state index < -0.39 is 0 Å². The van der Waals surface area contributed by atoms with Crippen molar-refractivity contribution in [1.82, 2.24) is 0 Å². The smallest absolute Gasteiger partial charge is 0.127 e. The highest BCUT2D eigenvalue weighted by molar-refractivity contribution is 5.78. The molecule has 6 rings (SSSR count). The first kappa shape index (κ1) is 26.9. The van der Waals surface area contributed by atoms with E-state index in [0.717, 1.165) is 45.6 Å². The molecule has 0 spiro atoms. The Labute approximate surface area is 248 Å². The van der Waals surface area contributed by atoms with Crippen molar-refractivity contribution in [2.75, 3.05) is 9.80 Å². The number of ether oxygens (including phenoxy) is 1. The monoisotopic (exact) mass is 546 g/mol. The minimum Gasteiger partial charge on any atom is -0.457 e. The molecule has 0 fully saturated rings. The van der Waals surface area contributed by atoms with Crippen LogP contribution in [0.3, 0.4) is 0 Å². The van der Waals surface area contributed by atoms with E-state index in [9.17, 15) is 0 Å². The van der Waals surface area contributed by atoms with Gasteiger partial charge in [-0.1, -0.05) is 71.3 Å². The van der Waals surface area contributed by atoms with Gasteiger partial charge in [0.25, 0.3) is 0 Å². The summed E-state index contributed by atoms with van der Waals surface area (Å²) in [7, 11) is 0. The van der Waals surface area contributed by atoms with E-state index in [-0.39, 0.29) is 0 Å². The SMILES string of the molecule is Cc1ccc(N(c2ccccc2)c2ccc(Oc3ccc(N(c4ccc(C)cc4)c4ccc(C)cc4)cc3)cc2)cc1. The van der Waals surface area contributed by atoms with Gasteiger partial charge in [0.2, 0.25) is 0 Å². The minimum atomic E-state index is 0.789. The molecule has 0 aliphatic heterocycles. The van der Waals surface area contributed by atoms with E-state index >= 15 is 0 Å². The summed E-state index contributed by atoms with van der Waals surface area (Å²) >= 11 is 0. The van der Waals surface area contributed by atoms with E-state index in [2.05, 4.69) is 152 Å². The molecule has 0 saturated heterocycles. The predicted octanol–water partition coefficient (Wildman–Crippen LogP) is 11.3. The fourth-order valence-corrected chi connectivity index (χ4v) is 5.02. The Balaban J connectivity index is 1.24. The summed E-state index contributed by atoms with van der Waals surface area (Å²) in [6.07, 6.45) is 0. The van der Waals surface area contributed by atoms with Crippen molar-refractivity contribution in [2.24, 2.45) is 0 Å². The molecular formula is C39H34N2O. The van der Waals surface area contributed by atoms with Crippen LogP contribution in [-0.2, 0) is 0 Å². The lowest BCUT2D eigenvalue weighted by Gasteiger charge is -2.26. The van der Waals surface area contributed by atoms with Crippen molar-refractivity contribution in [1.29, 1.82) is 0 Å². The molecule has 0 aromatic heterocycles. The second-order valence-corrected chi connectivity index (χ2v) is 10.6. The van der Waals surface area contributed by atoms with Gasteiger partial charge in [-0.2, -0.15) is 0 Å². The van der Waals surface area contributed by atoms with E-state index in [0.29, 0.717) is 0 Å². The van der Waals surface area contributed by atoms with Gasteiger partial charge in [-0.05, 0) is 118 Å². The maximum absolute atomic E-state index is 6.28. The zero-order valence-electron chi connectivity index (χ0n) is 24.2. The zero-order chi connectivity index (χ0) is 28.9. The topological polar surface area (TPSA) is 15.7 Å². The Hall–Kier alpha value is -5.28. The summed E-state index contributed by atoms with van der Waals surface area (Å²) in [4.78, 5) is 4.52. The molecule has 0 amide bonds. The van der Waals surface area contributed by atoms with Gasteiger partial charge < -0.3 is 14.5 Å². The van der Waals surface area contributed by atoms with Gasteiger partial charge >= 0.3 is 0 Å². The molecule has 42 heavy (non-hydrogen) atoms. The average Bonchev–Trinajstić information content (AvgIpc) is 3.02. The Bertz CT molecular complexity index is 1680. The van der Waals surface area contributed by atoms with Gasteiger partial charge in [0, 0.05) is 34.1 Å². The normalized spacial score (nSPS) is 10.7. The first-order valence-electron chi connectivity index (χ1n) is 14.3. The van der Waals surface area contributed by atoms with Crippen LogP contribution in [0, 0.1) is 20.8 Å². The third-order valence-electron chi connectivity index (χ3n) is 7.32. The molecule has 0 saturated carbocycles. The zero-order valence-corrected chi connectivity index (χ0v) is 24.2. The summed E-state index contributed by atoms with van der Waals surface area (Å²) in [6.45, 7) is 6.33. The molecule has 0 aliphatic carbocycles. The maximum Gasteiger partial charge on any atom is 0.127 e. The van der Waals surface area contributed by atoms with Crippen LogP contribution in [0.15, 0.2) is 152 Å². The van der Waals surface area contributed by atoms with Crippen molar-refractivity contribution >= 4 is 34.1 Å².